The Bertz CT molecular complexity index is 904. The van der Waals surface area contributed by atoms with Gasteiger partial charge in [0.1, 0.15) is 11.9 Å². The van der Waals surface area contributed by atoms with E-state index in [4.69, 9.17) is 9.88 Å². The molecule has 4 N–H and O–H groups in total. The largest absolute Gasteiger partial charge is 0.489 e. The maximum atomic E-state index is 11.4. The highest BCUT2D eigenvalue weighted by Crippen LogP contribution is 2.14. The van der Waals surface area contributed by atoms with Crippen molar-refractivity contribution < 1.29 is 13.2 Å². The first-order chi connectivity index (χ1) is 12.8. The zero-order valence-corrected chi connectivity index (χ0v) is 19.3. The number of benzene rings is 2. The number of halogens is 1. The van der Waals surface area contributed by atoms with E-state index < -0.39 is 10.0 Å². The van der Waals surface area contributed by atoms with E-state index in [1.165, 1.54) is 6.07 Å². The molecule has 9 heteroatoms. The van der Waals surface area contributed by atoms with E-state index in [9.17, 15) is 8.42 Å². The standard InChI is InChI=1S/C19H26N4O3S.HI/c1-14-6-4-8-17(10-14)26-15(2)12-22-19(21-3)23-13-16-7-5-9-18(11-16)27(20,24)25;/h4-11,15H,12-13H2,1-3H3,(H2,20,24,25)(H2,21,22,23);1H. The fraction of sp³-hybridized carbons (Fsp3) is 0.316. The predicted octanol–water partition coefficient (Wildman–Crippen LogP) is 2.39. The summed E-state index contributed by atoms with van der Waals surface area (Å²) in [6.07, 6.45) is -0.0592. The second kappa shape index (κ2) is 11.2. The summed E-state index contributed by atoms with van der Waals surface area (Å²) in [4.78, 5) is 4.25. The molecule has 1 unspecified atom stereocenters. The predicted molar refractivity (Wildman–Crippen MR) is 123 cm³/mol. The van der Waals surface area contributed by atoms with Crippen LogP contribution in [-0.4, -0.2) is 34.1 Å². The molecule has 154 valence electrons. The van der Waals surface area contributed by atoms with Crippen molar-refractivity contribution in [3.63, 3.8) is 0 Å². The molecule has 0 fully saturated rings. The lowest BCUT2D eigenvalue weighted by Crippen LogP contribution is -2.41. The number of nitrogens with two attached hydrogens (primary N) is 1. The van der Waals surface area contributed by atoms with Crippen LogP contribution in [0.5, 0.6) is 5.75 Å². The first-order valence-electron chi connectivity index (χ1n) is 8.57. The van der Waals surface area contributed by atoms with Crippen LogP contribution in [0.15, 0.2) is 58.4 Å². The Kier molecular flexibility index (Phi) is 9.70. The molecular weight excluding hydrogens is 491 g/mol. The summed E-state index contributed by atoms with van der Waals surface area (Å²) >= 11 is 0. The Morgan fingerprint density at radius 3 is 2.54 bits per heavy atom. The fourth-order valence-electron chi connectivity index (χ4n) is 2.44. The van der Waals surface area contributed by atoms with Crippen molar-refractivity contribution in [3.05, 3.63) is 59.7 Å². The summed E-state index contributed by atoms with van der Waals surface area (Å²) in [6.45, 7) is 4.96. The molecule has 0 aliphatic carbocycles. The van der Waals surface area contributed by atoms with Crippen LogP contribution in [0.4, 0.5) is 0 Å². The van der Waals surface area contributed by atoms with Crippen LogP contribution in [-0.2, 0) is 16.6 Å². The molecule has 0 spiro atoms. The quantitative estimate of drug-likeness (QED) is 0.297. The van der Waals surface area contributed by atoms with E-state index in [0.29, 0.717) is 19.0 Å². The number of primary sulfonamides is 1. The SMILES string of the molecule is CN=C(NCc1cccc(S(N)(=O)=O)c1)NCC(C)Oc1cccc(C)c1.I. The summed E-state index contributed by atoms with van der Waals surface area (Å²) in [5, 5.41) is 11.5. The van der Waals surface area contributed by atoms with Crippen LogP contribution < -0.4 is 20.5 Å². The summed E-state index contributed by atoms with van der Waals surface area (Å²) in [7, 11) is -2.05. The molecule has 0 aliphatic rings. The van der Waals surface area contributed by atoms with Crippen LogP contribution >= 0.6 is 24.0 Å². The Morgan fingerprint density at radius 2 is 1.89 bits per heavy atom. The van der Waals surface area contributed by atoms with Gasteiger partial charge in [-0.05, 0) is 49.2 Å². The number of aliphatic imine (C=N–C) groups is 1. The van der Waals surface area contributed by atoms with Gasteiger partial charge < -0.3 is 15.4 Å². The van der Waals surface area contributed by atoms with Crippen LogP contribution in [0.2, 0.25) is 0 Å². The lowest BCUT2D eigenvalue weighted by atomic mass is 10.2. The lowest BCUT2D eigenvalue weighted by Gasteiger charge is -2.18. The van der Waals surface area contributed by atoms with E-state index in [1.54, 1.807) is 19.2 Å². The van der Waals surface area contributed by atoms with Gasteiger partial charge in [0.05, 0.1) is 11.4 Å². The Morgan fingerprint density at radius 1 is 1.18 bits per heavy atom. The van der Waals surface area contributed by atoms with Gasteiger partial charge in [-0.3, -0.25) is 4.99 Å². The molecule has 2 rings (SSSR count). The number of hydrogen-bond acceptors (Lipinski definition) is 4. The average molecular weight is 518 g/mol. The van der Waals surface area contributed by atoms with Gasteiger partial charge in [-0.2, -0.15) is 0 Å². The smallest absolute Gasteiger partial charge is 0.238 e. The van der Waals surface area contributed by atoms with E-state index in [1.807, 2.05) is 44.2 Å². The van der Waals surface area contributed by atoms with Gasteiger partial charge in [0, 0.05) is 13.6 Å². The van der Waals surface area contributed by atoms with Crippen LogP contribution in [0.3, 0.4) is 0 Å². The zero-order chi connectivity index (χ0) is 19.9. The minimum atomic E-state index is -3.71. The number of ether oxygens (including phenoxy) is 1. The number of nitrogens with zero attached hydrogens (tertiary/aromatic N) is 1. The third-order valence-electron chi connectivity index (χ3n) is 3.79. The summed E-state index contributed by atoms with van der Waals surface area (Å²) < 4.78 is 28.8. The van der Waals surface area contributed by atoms with Gasteiger partial charge in [-0.25, -0.2) is 13.6 Å². The highest BCUT2D eigenvalue weighted by molar-refractivity contribution is 14.0. The van der Waals surface area contributed by atoms with Gasteiger partial charge in [0.15, 0.2) is 5.96 Å². The van der Waals surface area contributed by atoms with Crippen molar-refractivity contribution >= 4 is 40.0 Å². The molecule has 0 aromatic heterocycles. The molecule has 28 heavy (non-hydrogen) atoms. The Hall–Kier alpha value is -1.85. The minimum Gasteiger partial charge on any atom is -0.489 e. The second-order valence-electron chi connectivity index (χ2n) is 6.24. The van der Waals surface area contributed by atoms with Gasteiger partial charge in [-0.15, -0.1) is 24.0 Å². The molecular formula is C19H27IN4O3S. The first-order valence-corrected chi connectivity index (χ1v) is 10.1. The minimum absolute atomic E-state index is 0. The number of guanidine groups is 1. The van der Waals surface area contributed by atoms with Crippen LogP contribution in [0.25, 0.3) is 0 Å². The highest BCUT2D eigenvalue weighted by atomic mass is 127. The van der Waals surface area contributed by atoms with Crippen molar-refractivity contribution in [2.45, 2.75) is 31.4 Å². The monoisotopic (exact) mass is 518 g/mol. The second-order valence-corrected chi connectivity index (χ2v) is 7.81. The molecule has 2 aromatic rings. The third kappa shape index (κ3) is 8.03. The molecule has 1 atom stereocenters. The fourth-order valence-corrected chi connectivity index (χ4v) is 3.03. The average Bonchev–Trinajstić information content (AvgIpc) is 2.61. The number of aryl methyl sites for hydroxylation is 1. The topological polar surface area (TPSA) is 106 Å². The third-order valence-corrected chi connectivity index (χ3v) is 4.71. The molecule has 0 amide bonds. The van der Waals surface area contributed by atoms with Crippen molar-refractivity contribution in [1.82, 2.24) is 10.6 Å². The maximum absolute atomic E-state index is 11.4. The van der Waals surface area contributed by atoms with Gasteiger partial charge in [-0.1, -0.05) is 24.3 Å². The number of nitrogens with one attached hydrogen (secondary N) is 2. The van der Waals surface area contributed by atoms with E-state index in [-0.39, 0.29) is 35.0 Å². The number of rotatable bonds is 7. The molecule has 0 bridgehead atoms. The van der Waals surface area contributed by atoms with Gasteiger partial charge >= 0.3 is 0 Å². The molecule has 0 aliphatic heterocycles. The van der Waals surface area contributed by atoms with E-state index in [0.717, 1.165) is 16.9 Å². The van der Waals surface area contributed by atoms with E-state index in [2.05, 4.69) is 15.6 Å². The van der Waals surface area contributed by atoms with Gasteiger partial charge in [0.25, 0.3) is 0 Å². The number of hydrogen-bond donors (Lipinski definition) is 3. The Balaban J connectivity index is 0.00000392. The molecule has 2 aromatic carbocycles. The normalized spacial score (nSPS) is 12.6. The van der Waals surface area contributed by atoms with Gasteiger partial charge in [0.2, 0.25) is 10.0 Å². The highest BCUT2D eigenvalue weighted by Gasteiger charge is 2.09. The molecule has 7 nitrogen and oxygen atoms in total. The van der Waals surface area contributed by atoms with Crippen molar-refractivity contribution in [2.75, 3.05) is 13.6 Å². The van der Waals surface area contributed by atoms with Crippen LogP contribution in [0, 0.1) is 6.92 Å². The zero-order valence-electron chi connectivity index (χ0n) is 16.2. The summed E-state index contributed by atoms with van der Waals surface area (Å²) in [6, 6.07) is 14.4. The Labute approximate surface area is 183 Å². The first kappa shape index (κ1) is 24.2. The van der Waals surface area contributed by atoms with Crippen molar-refractivity contribution in [1.29, 1.82) is 0 Å². The molecule has 0 heterocycles. The molecule has 0 saturated carbocycles. The molecule has 0 radical (unpaired) electrons. The summed E-state index contributed by atoms with van der Waals surface area (Å²) in [5.41, 5.74) is 1.93. The maximum Gasteiger partial charge on any atom is 0.238 e. The van der Waals surface area contributed by atoms with Crippen molar-refractivity contribution in [3.8, 4) is 5.75 Å². The lowest BCUT2D eigenvalue weighted by molar-refractivity contribution is 0.223. The van der Waals surface area contributed by atoms with E-state index >= 15 is 0 Å². The van der Waals surface area contributed by atoms with Crippen molar-refractivity contribution in [2.24, 2.45) is 10.1 Å². The van der Waals surface area contributed by atoms with Crippen LogP contribution in [0.1, 0.15) is 18.1 Å². The molecule has 0 saturated heterocycles. The number of sulfonamides is 1. The summed E-state index contributed by atoms with van der Waals surface area (Å²) in [5.74, 6) is 1.42.